The molecule has 11 heteroatoms. The Morgan fingerprint density at radius 2 is 1.80 bits per heavy atom. The lowest BCUT2D eigenvalue weighted by Crippen LogP contribution is -2.51. The summed E-state index contributed by atoms with van der Waals surface area (Å²) in [4.78, 5) is 39.9. The van der Waals surface area contributed by atoms with Crippen LogP contribution >= 0.6 is 22.9 Å². The minimum Gasteiger partial charge on any atom is -0.444 e. The molecule has 0 saturated heterocycles. The average molecular weight is 523 g/mol. The van der Waals surface area contributed by atoms with E-state index in [-0.39, 0.29) is 11.6 Å². The predicted octanol–water partition coefficient (Wildman–Crippen LogP) is 4.05. The number of nitrogens with zero attached hydrogens (tertiary/aromatic N) is 1. The molecular formula is C24H31ClN4O5S. The number of ether oxygens (including phenoxy) is 2. The van der Waals surface area contributed by atoms with Crippen LogP contribution in [0.25, 0.3) is 0 Å². The molecule has 0 bridgehead atoms. The molecule has 0 radical (unpaired) electrons. The quantitative estimate of drug-likeness (QED) is 0.528. The number of nitrogens with one attached hydrogen (secondary N) is 3. The second kappa shape index (κ2) is 11.7. The highest BCUT2D eigenvalue weighted by molar-refractivity contribution is 7.17. The molecule has 2 heterocycles. The fraction of sp³-hybridized carbons (Fsp3) is 0.458. The van der Waals surface area contributed by atoms with Gasteiger partial charge in [0.2, 0.25) is 5.91 Å². The largest absolute Gasteiger partial charge is 0.444 e. The zero-order valence-electron chi connectivity index (χ0n) is 20.3. The van der Waals surface area contributed by atoms with Gasteiger partial charge in [-0.25, -0.2) is 9.59 Å². The molecule has 2 aromatic rings. The first kappa shape index (κ1) is 26.8. The number of hydrogen-bond acceptors (Lipinski definition) is 7. The summed E-state index contributed by atoms with van der Waals surface area (Å²) >= 11 is 6.96. The van der Waals surface area contributed by atoms with Crippen molar-refractivity contribution in [3.05, 3.63) is 45.8 Å². The van der Waals surface area contributed by atoms with Crippen LogP contribution < -0.4 is 20.7 Å². The van der Waals surface area contributed by atoms with Crippen LogP contribution in [-0.2, 0) is 22.4 Å². The third-order valence-electron chi connectivity index (χ3n) is 5.20. The number of carbonyl (C=O) groups excluding carboxylic acids is 3. The molecule has 190 valence electrons. The van der Waals surface area contributed by atoms with Crippen molar-refractivity contribution in [3.8, 4) is 5.06 Å². The Hall–Kier alpha value is -2.82. The first-order valence-corrected chi connectivity index (χ1v) is 12.5. The molecule has 3 rings (SSSR count). The maximum Gasteiger partial charge on any atom is 0.414 e. The van der Waals surface area contributed by atoms with Gasteiger partial charge in [-0.1, -0.05) is 29.0 Å². The van der Waals surface area contributed by atoms with Crippen LogP contribution in [0.2, 0.25) is 4.34 Å². The number of hydrogen-bond donors (Lipinski definition) is 3. The molecule has 1 aliphatic heterocycles. The fourth-order valence-electron chi connectivity index (χ4n) is 3.47. The van der Waals surface area contributed by atoms with Crippen LogP contribution in [0, 0.1) is 0 Å². The molecule has 3 N–H and O–H groups in total. The predicted molar refractivity (Wildman–Crippen MR) is 136 cm³/mol. The van der Waals surface area contributed by atoms with Crippen molar-refractivity contribution in [3.63, 3.8) is 0 Å². The van der Waals surface area contributed by atoms with Crippen LogP contribution in [0.4, 0.5) is 15.3 Å². The number of benzene rings is 1. The van der Waals surface area contributed by atoms with E-state index in [9.17, 15) is 14.4 Å². The van der Waals surface area contributed by atoms with Crippen LogP contribution in [0.5, 0.6) is 5.06 Å². The minimum atomic E-state index is -1.12. The van der Waals surface area contributed by atoms with E-state index in [0.29, 0.717) is 10.0 Å². The molecule has 0 spiro atoms. The standard InChI is InChI=1S/C24H31ClN4O5S/c1-24(2,3)34-22(31)26-14-18(28-23(32)33-20-8-7-19(25)35-20)21(30)27-17-6-5-15-9-11-29(4)12-10-16(15)13-17/h5-8,13,18H,9-12,14H2,1-4H3,(H,26,31)(H,27,30)(H,28,32)/t18-/m1/s1. The Morgan fingerprint density at radius 3 is 2.46 bits per heavy atom. The second-order valence-electron chi connectivity index (χ2n) is 9.30. The van der Waals surface area contributed by atoms with Crippen LogP contribution in [0.1, 0.15) is 31.9 Å². The van der Waals surface area contributed by atoms with Crippen LogP contribution in [0.3, 0.4) is 0 Å². The highest BCUT2D eigenvalue weighted by atomic mass is 35.5. The number of anilines is 1. The third kappa shape index (κ3) is 8.72. The summed E-state index contributed by atoms with van der Waals surface area (Å²) in [6, 6.07) is 7.84. The van der Waals surface area contributed by atoms with E-state index >= 15 is 0 Å². The Balaban J connectivity index is 1.68. The van der Waals surface area contributed by atoms with Crippen molar-refractivity contribution >= 4 is 46.7 Å². The highest BCUT2D eigenvalue weighted by Crippen LogP contribution is 2.28. The van der Waals surface area contributed by atoms with Gasteiger partial charge in [0.25, 0.3) is 0 Å². The van der Waals surface area contributed by atoms with Crippen molar-refractivity contribution in [2.45, 2.75) is 45.3 Å². The van der Waals surface area contributed by atoms with Gasteiger partial charge in [0.05, 0.1) is 10.9 Å². The average Bonchev–Trinajstić information content (AvgIpc) is 3.07. The van der Waals surface area contributed by atoms with Gasteiger partial charge in [0.15, 0.2) is 5.06 Å². The summed E-state index contributed by atoms with van der Waals surface area (Å²) in [7, 11) is 2.09. The second-order valence-corrected chi connectivity index (χ2v) is 11.0. The van der Waals surface area contributed by atoms with Crippen molar-refractivity contribution in [1.82, 2.24) is 15.5 Å². The lowest BCUT2D eigenvalue weighted by Gasteiger charge is -2.22. The monoisotopic (exact) mass is 522 g/mol. The van der Waals surface area contributed by atoms with E-state index in [4.69, 9.17) is 21.1 Å². The maximum absolute atomic E-state index is 13.1. The lowest BCUT2D eigenvalue weighted by atomic mass is 10.0. The van der Waals surface area contributed by atoms with Gasteiger partial charge in [-0.3, -0.25) is 4.79 Å². The molecule has 9 nitrogen and oxygen atoms in total. The minimum absolute atomic E-state index is 0.198. The van der Waals surface area contributed by atoms with E-state index < -0.39 is 29.7 Å². The number of likely N-dealkylation sites (N-methyl/N-ethyl adjacent to an activating group) is 1. The summed E-state index contributed by atoms with van der Waals surface area (Å²) < 4.78 is 10.9. The third-order valence-corrected chi connectivity index (χ3v) is 6.31. The molecule has 0 fully saturated rings. The zero-order valence-corrected chi connectivity index (χ0v) is 21.8. The van der Waals surface area contributed by atoms with E-state index in [1.54, 1.807) is 32.9 Å². The summed E-state index contributed by atoms with van der Waals surface area (Å²) in [6.07, 6.45) is 0.278. The molecule has 0 aliphatic carbocycles. The summed E-state index contributed by atoms with van der Waals surface area (Å²) in [6.45, 7) is 6.92. The topological polar surface area (TPSA) is 109 Å². The van der Waals surface area contributed by atoms with Gasteiger partial charge in [-0.15, -0.1) is 0 Å². The number of thiophene rings is 1. The van der Waals surface area contributed by atoms with Crippen molar-refractivity contribution in [2.75, 3.05) is 32.0 Å². The van der Waals surface area contributed by atoms with Gasteiger partial charge in [-0.2, -0.15) is 0 Å². The number of halogens is 1. The van der Waals surface area contributed by atoms with Gasteiger partial charge >= 0.3 is 12.2 Å². The van der Waals surface area contributed by atoms with Crippen molar-refractivity contribution in [2.24, 2.45) is 0 Å². The smallest absolute Gasteiger partial charge is 0.414 e. The van der Waals surface area contributed by atoms with Crippen LogP contribution in [-0.4, -0.2) is 61.3 Å². The normalized spacial score (nSPS) is 14.8. The zero-order chi connectivity index (χ0) is 25.6. The molecule has 1 aromatic carbocycles. The number of fused-ring (bicyclic) bond motifs is 1. The molecule has 35 heavy (non-hydrogen) atoms. The molecule has 0 unspecified atom stereocenters. The van der Waals surface area contributed by atoms with Gasteiger partial charge in [0.1, 0.15) is 11.6 Å². The number of rotatable bonds is 6. The Bertz CT molecular complexity index is 1070. The SMILES string of the molecule is CN1CCc2ccc(NC(=O)[C@@H](CNC(=O)OC(C)(C)C)NC(=O)Oc3ccc(Cl)s3)cc2CC1. The maximum atomic E-state index is 13.1. The first-order valence-electron chi connectivity index (χ1n) is 11.3. The fourth-order valence-corrected chi connectivity index (χ4v) is 4.34. The van der Waals surface area contributed by atoms with E-state index in [1.807, 2.05) is 18.2 Å². The van der Waals surface area contributed by atoms with Crippen molar-refractivity contribution < 1.29 is 23.9 Å². The van der Waals surface area contributed by atoms with E-state index in [0.717, 1.165) is 37.3 Å². The molecule has 3 amide bonds. The van der Waals surface area contributed by atoms with Gasteiger partial charge in [-0.05, 0) is 76.1 Å². The first-order chi connectivity index (χ1) is 16.5. The lowest BCUT2D eigenvalue weighted by molar-refractivity contribution is -0.117. The molecule has 1 aliphatic rings. The summed E-state index contributed by atoms with van der Waals surface area (Å²) in [5, 5.41) is 8.15. The van der Waals surface area contributed by atoms with Gasteiger partial charge < -0.3 is 30.3 Å². The Kier molecular flexibility index (Phi) is 8.98. The molecular weight excluding hydrogens is 492 g/mol. The van der Waals surface area contributed by atoms with Crippen molar-refractivity contribution in [1.29, 1.82) is 0 Å². The Labute approximate surface area is 214 Å². The molecule has 1 atom stereocenters. The van der Waals surface area contributed by atoms with E-state index in [2.05, 4.69) is 27.9 Å². The van der Waals surface area contributed by atoms with Crippen LogP contribution in [0.15, 0.2) is 30.3 Å². The van der Waals surface area contributed by atoms with Gasteiger partial charge in [0, 0.05) is 18.8 Å². The molecule has 0 saturated carbocycles. The Morgan fingerprint density at radius 1 is 1.09 bits per heavy atom. The summed E-state index contributed by atoms with van der Waals surface area (Å²) in [5.74, 6) is -0.507. The molecule has 1 aromatic heterocycles. The summed E-state index contributed by atoms with van der Waals surface area (Å²) in [5.41, 5.74) is 2.34. The number of amides is 3. The highest BCUT2D eigenvalue weighted by Gasteiger charge is 2.25. The number of carbonyl (C=O) groups is 3. The van der Waals surface area contributed by atoms with E-state index in [1.165, 1.54) is 11.1 Å². The number of alkyl carbamates (subject to hydrolysis) is 1.